The van der Waals surface area contributed by atoms with Crippen LogP contribution in [-0.2, 0) is 0 Å². The zero-order valence-corrected chi connectivity index (χ0v) is 12.7. The van der Waals surface area contributed by atoms with Crippen molar-refractivity contribution in [2.75, 3.05) is 0 Å². The molecule has 0 aliphatic rings. The van der Waals surface area contributed by atoms with Crippen LogP contribution in [0.2, 0.25) is 0 Å². The van der Waals surface area contributed by atoms with Gasteiger partial charge in [-0.3, -0.25) is 10.8 Å². The van der Waals surface area contributed by atoms with E-state index in [1.165, 1.54) is 12.1 Å². The molecule has 7 heteroatoms. The molecule has 0 amide bonds. The molecule has 19 heavy (non-hydrogen) atoms. The number of nitrogens with two attached hydrogens (primary N) is 1. The zero-order valence-electron chi connectivity index (χ0n) is 9.50. The zero-order chi connectivity index (χ0) is 14.0. The second-order valence-electron chi connectivity index (χ2n) is 3.82. The van der Waals surface area contributed by atoms with Crippen LogP contribution in [0.5, 0.6) is 0 Å². The Labute approximate surface area is 125 Å². The third-order valence-corrected chi connectivity index (χ3v) is 3.56. The van der Waals surface area contributed by atoms with Crippen molar-refractivity contribution in [3.8, 4) is 0 Å². The van der Waals surface area contributed by atoms with Crippen LogP contribution in [0.25, 0.3) is 0 Å². The molecule has 1 aromatic heterocycles. The minimum Gasteiger partial charge on any atom is -0.271 e. The Morgan fingerprint density at radius 1 is 1.11 bits per heavy atom. The van der Waals surface area contributed by atoms with Gasteiger partial charge in [-0.25, -0.2) is 14.2 Å². The lowest BCUT2D eigenvalue weighted by molar-refractivity contribution is 0.562. The van der Waals surface area contributed by atoms with Gasteiger partial charge in [0.15, 0.2) is 0 Å². The lowest BCUT2D eigenvalue weighted by Gasteiger charge is -2.17. The van der Waals surface area contributed by atoms with Crippen molar-refractivity contribution in [3.63, 3.8) is 0 Å². The molecule has 3 nitrogen and oxygen atoms in total. The number of benzene rings is 1. The summed E-state index contributed by atoms with van der Waals surface area (Å²) in [6, 6.07) is 4.39. The first-order valence-corrected chi connectivity index (χ1v) is 6.83. The first-order valence-electron chi connectivity index (χ1n) is 5.24. The molecule has 0 bridgehead atoms. The average molecular weight is 393 g/mol. The van der Waals surface area contributed by atoms with Gasteiger partial charge in [0.1, 0.15) is 11.6 Å². The average Bonchev–Trinajstić information content (AvgIpc) is 2.31. The molecule has 2 rings (SSSR count). The molecule has 0 radical (unpaired) electrons. The maximum Gasteiger partial charge on any atom is 0.126 e. The highest BCUT2D eigenvalue weighted by Crippen LogP contribution is 2.29. The van der Waals surface area contributed by atoms with Crippen LogP contribution in [0.15, 0.2) is 39.4 Å². The molecule has 1 heterocycles. The summed E-state index contributed by atoms with van der Waals surface area (Å²) in [5, 5.41) is 0. The van der Waals surface area contributed by atoms with Gasteiger partial charge < -0.3 is 0 Å². The first-order chi connectivity index (χ1) is 9.01. The van der Waals surface area contributed by atoms with Gasteiger partial charge in [-0.1, -0.05) is 0 Å². The summed E-state index contributed by atoms with van der Waals surface area (Å²) in [5.74, 6) is 4.15. The molecule has 0 spiro atoms. The summed E-state index contributed by atoms with van der Waals surface area (Å²) >= 11 is 6.63. The van der Waals surface area contributed by atoms with E-state index in [9.17, 15) is 8.78 Å². The summed E-state index contributed by atoms with van der Waals surface area (Å²) in [4.78, 5) is 4.20. The number of halogens is 4. The van der Waals surface area contributed by atoms with Crippen LogP contribution in [0, 0.1) is 11.6 Å². The molecule has 1 atom stereocenters. The minimum atomic E-state index is -0.663. The van der Waals surface area contributed by atoms with Gasteiger partial charge in [-0.05, 0) is 55.6 Å². The molecule has 0 fully saturated rings. The van der Waals surface area contributed by atoms with Gasteiger partial charge in [0.2, 0.25) is 0 Å². The summed E-state index contributed by atoms with van der Waals surface area (Å²) < 4.78 is 28.0. The number of nitrogens with zero attached hydrogens (tertiary/aromatic N) is 1. The number of nitrogens with one attached hydrogen (secondary N) is 1. The Morgan fingerprint density at radius 2 is 1.74 bits per heavy atom. The number of hydrogen-bond acceptors (Lipinski definition) is 3. The van der Waals surface area contributed by atoms with Crippen LogP contribution in [0.3, 0.4) is 0 Å². The third-order valence-electron chi connectivity index (χ3n) is 2.49. The molecule has 100 valence electrons. The highest BCUT2D eigenvalue weighted by molar-refractivity contribution is 9.11. The van der Waals surface area contributed by atoms with E-state index in [0.29, 0.717) is 15.7 Å². The van der Waals surface area contributed by atoms with Crippen molar-refractivity contribution >= 4 is 31.9 Å². The van der Waals surface area contributed by atoms with Gasteiger partial charge >= 0.3 is 0 Å². The Hall–Kier alpha value is -0.890. The minimum absolute atomic E-state index is 0.357. The molecule has 0 saturated heterocycles. The van der Waals surface area contributed by atoms with Crippen LogP contribution < -0.4 is 11.3 Å². The van der Waals surface area contributed by atoms with Crippen molar-refractivity contribution in [2.24, 2.45) is 5.84 Å². The van der Waals surface area contributed by atoms with Crippen LogP contribution in [0.1, 0.15) is 17.3 Å². The molecule has 0 aliphatic carbocycles. The molecule has 0 aliphatic heterocycles. The van der Waals surface area contributed by atoms with E-state index in [-0.39, 0.29) is 0 Å². The van der Waals surface area contributed by atoms with Gasteiger partial charge in [-0.2, -0.15) is 0 Å². The Balaban J connectivity index is 2.49. The normalized spacial score (nSPS) is 12.5. The van der Waals surface area contributed by atoms with Crippen molar-refractivity contribution in [1.82, 2.24) is 10.4 Å². The van der Waals surface area contributed by atoms with Crippen molar-refractivity contribution in [3.05, 3.63) is 62.3 Å². The Morgan fingerprint density at radius 3 is 2.26 bits per heavy atom. The number of aromatic nitrogens is 1. The Kier molecular flexibility index (Phi) is 4.62. The summed E-state index contributed by atoms with van der Waals surface area (Å²) in [5.41, 5.74) is 3.40. The van der Waals surface area contributed by atoms with E-state index >= 15 is 0 Å². The maximum atomic E-state index is 13.3. The number of rotatable bonds is 3. The molecule has 1 aromatic carbocycles. The highest BCUT2D eigenvalue weighted by Gasteiger charge is 2.18. The number of hydrazine groups is 1. The fourth-order valence-electron chi connectivity index (χ4n) is 1.71. The second-order valence-corrected chi connectivity index (χ2v) is 5.59. The van der Waals surface area contributed by atoms with E-state index in [4.69, 9.17) is 5.84 Å². The van der Waals surface area contributed by atoms with Crippen LogP contribution >= 0.6 is 31.9 Å². The predicted octanol–water partition coefficient (Wildman–Crippen LogP) is 3.44. The molecule has 3 N–H and O–H groups in total. The fourth-order valence-corrected chi connectivity index (χ4v) is 2.93. The van der Waals surface area contributed by atoms with Gasteiger partial charge in [0, 0.05) is 21.2 Å². The van der Waals surface area contributed by atoms with E-state index in [1.54, 1.807) is 12.3 Å². The van der Waals surface area contributed by atoms with Gasteiger partial charge in [0.25, 0.3) is 0 Å². The Bertz CT molecular complexity index is 587. The monoisotopic (exact) mass is 391 g/mol. The van der Waals surface area contributed by atoms with Gasteiger partial charge in [-0.15, -0.1) is 0 Å². The van der Waals surface area contributed by atoms with E-state index < -0.39 is 17.7 Å². The molecular weight excluding hydrogens is 384 g/mol. The number of hydrogen-bond donors (Lipinski definition) is 2. The molecule has 0 saturated carbocycles. The molecule has 2 aromatic rings. The lowest BCUT2D eigenvalue weighted by Crippen LogP contribution is -2.30. The summed E-state index contributed by atoms with van der Waals surface area (Å²) in [6.07, 6.45) is 1.58. The topological polar surface area (TPSA) is 50.9 Å². The lowest BCUT2D eigenvalue weighted by atomic mass is 10.0. The first kappa shape index (κ1) is 14.5. The predicted molar refractivity (Wildman–Crippen MR) is 75.2 cm³/mol. The van der Waals surface area contributed by atoms with Crippen molar-refractivity contribution < 1.29 is 8.78 Å². The smallest absolute Gasteiger partial charge is 0.126 e. The maximum absolute atomic E-state index is 13.3. The van der Waals surface area contributed by atoms with Crippen LogP contribution in [0.4, 0.5) is 8.78 Å². The summed E-state index contributed by atoms with van der Waals surface area (Å²) in [6.45, 7) is 0. The van der Waals surface area contributed by atoms with E-state index in [2.05, 4.69) is 42.3 Å². The molecule has 1 unspecified atom stereocenters. The second kappa shape index (κ2) is 6.04. The van der Waals surface area contributed by atoms with Crippen molar-refractivity contribution in [2.45, 2.75) is 6.04 Å². The quantitative estimate of drug-likeness (QED) is 0.621. The van der Waals surface area contributed by atoms with Crippen molar-refractivity contribution in [1.29, 1.82) is 0 Å². The van der Waals surface area contributed by atoms with E-state index in [0.717, 1.165) is 10.5 Å². The van der Waals surface area contributed by atoms with E-state index in [1.807, 2.05) is 0 Å². The van der Waals surface area contributed by atoms with Crippen LogP contribution in [-0.4, -0.2) is 4.98 Å². The third kappa shape index (κ3) is 3.36. The fraction of sp³-hybridized carbons (Fsp3) is 0.0833. The SMILES string of the molecule is NNC(c1cc(F)cc(F)c1)c1ncc(Br)cc1Br. The standard InChI is InChI=1S/C12H9Br2F2N3/c13-7-3-10(14)12(18-5-7)11(19-17)6-1-8(15)4-9(16)2-6/h1-5,11,19H,17H2. The van der Waals surface area contributed by atoms with Gasteiger partial charge in [0.05, 0.1) is 11.7 Å². The number of pyridine rings is 1. The largest absolute Gasteiger partial charge is 0.271 e. The summed E-state index contributed by atoms with van der Waals surface area (Å²) in [7, 11) is 0. The molecular formula is C12H9Br2F2N3. The highest BCUT2D eigenvalue weighted by atomic mass is 79.9.